The summed E-state index contributed by atoms with van der Waals surface area (Å²) in [6, 6.07) is 45.1. The Kier molecular flexibility index (Phi) is 5.22. The summed E-state index contributed by atoms with van der Waals surface area (Å²) in [7, 11) is 0. The molecule has 11 rings (SSSR count). The molecule has 0 spiro atoms. The third-order valence-electron chi connectivity index (χ3n) is 11.9. The molecule has 1 fully saturated rings. The average Bonchev–Trinajstić information content (AvgIpc) is 3.91. The summed E-state index contributed by atoms with van der Waals surface area (Å²) in [4.78, 5) is 11.0. The molecule has 1 saturated carbocycles. The first-order chi connectivity index (χ1) is 23.6. The maximum absolute atomic E-state index is 5.64. The minimum Gasteiger partial charge on any atom is -0.228 e. The number of rotatable bonds is 2. The second-order valence-electron chi connectivity index (χ2n) is 14.8. The van der Waals surface area contributed by atoms with Crippen LogP contribution in [-0.4, -0.2) is 9.97 Å². The molecule has 0 aliphatic heterocycles. The molecular weight excluding hydrogens is 581 g/mol. The largest absolute Gasteiger partial charge is 0.228 e. The molecule has 4 aliphatic rings. The summed E-state index contributed by atoms with van der Waals surface area (Å²) < 4.78 is 0. The van der Waals surface area contributed by atoms with Crippen molar-refractivity contribution in [1.82, 2.24) is 9.97 Å². The third-order valence-corrected chi connectivity index (χ3v) is 11.9. The summed E-state index contributed by atoms with van der Waals surface area (Å²) in [5.41, 5.74) is 21.0. The van der Waals surface area contributed by atoms with Gasteiger partial charge in [0.2, 0.25) is 0 Å². The van der Waals surface area contributed by atoms with E-state index in [0.29, 0.717) is 11.8 Å². The minimum atomic E-state index is -0.154. The Labute approximate surface area is 281 Å². The number of nitrogens with zero attached hydrogens (tertiary/aromatic N) is 2. The maximum atomic E-state index is 5.64. The van der Waals surface area contributed by atoms with Gasteiger partial charge in [0.15, 0.2) is 5.82 Å². The Bertz CT molecular complexity index is 2540. The quantitative estimate of drug-likeness (QED) is 0.194. The van der Waals surface area contributed by atoms with Crippen LogP contribution in [0.1, 0.15) is 65.5 Å². The SMILES string of the molecule is CC1(C)c2ccccc2-c2c(-c3nc(-c4cccc5c4-c4ccccc4C4CC54)c4ccccc4n3)cc3c(c21)-c1ccccc1CC3. The number of aryl methyl sites for hydroxylation is 2. The number of hydrogen-bond donors (Lipinski definition) is 0. The molecule has 0 radical (unpaired) electrons. The molecule has 4 aliphatic carbocycles. The van der Waals surface area contributed by atoms with Crippen LogP contribution in [0.3, 0.4) is 0 Å². The van der Waals surface area contributed by atoms with Crippen LogP contribution in [0.15, 0.2) is 121 Å². The van der Waals surface area contributed by atoms with E-state index < -0.39 is 0 Å². The number of aromatic nitrogens is 2. The number of benzene rings is 6. The molecule has 7 aromatic rings. The molecule has 228 valence electrons. The smallest absolute Gasteiger partial charge is 0.161 e. The van der Waals surface area contributed by atoms with Crippen LogP contribution in [0.5, 0.6) is 0 Å². The molecule has 6 aromatic carbocycles. The highest BCUT2D eigenvalue weighted by molar-refractivity contribution is 6.02. The first-order valence-electron chi connectivity index (χ1n) is 17.5. The van der Waals surface area contributed by atoms with Crippen molar-refractivity contribution in [3.8, 4) is 56.0 Å². The van der Waals surface area contributed by atoms with E-state index in [0.717, 1.165) is 40.8 Å². The molecule has 0 N–H and O–H groups in total. The molecule has 0 saturated heterocycles. The van der Waals surface area contributed by atoms with Crippen LogP contribution in [0, 0.1) is 0 Å². The van der Waals surface area contributed by atoms with E-state index >= 15 is 0 Å². The highest BCUT2D eigenvalue weighted by Crippen LogP contribution is 2.63. The van der Waals surface area contributed by atoms with Crippen LogP contribution in [0.25, 0.3) is 66.9 Å². The Morgan fingerprint density at radius 3 is 2.15 bits per heavy atom. The van der Waals surface area contributed by atoms with Gasteiger partial charge in [-0.1, -0.05) is 123 Å². The maximum Gasteiger partial charge on any atom is 0.161 e. The van der Waals surface area contributed by atoms with Crippen LogP contribution in [0.2, 0.25) is 0 Å². The van der Waals surface area contributed by atoms with Crippen molar-refractivity contribution in [2.24, 2.45) is 0 Å². The fourth-order valence-corrected chi connectivity index (χ4v) is 9.67. The van der Waals surface area contributed by atoms with Gasteiger partial charge in [-0.05, 0) is 110 Å². The van der Waals surface area contributed by atoms with Crippen LogP contribution in [0.4, 0.5) is 0 Å². The zero-order chi connectivity index (χ0) is 31.7. The highest BCUT2D eigenvalue weighted by Gasteiger charge is 2.46. The van der Waals surface area contributed by atoms with Crippen molar-refractivity contribution >= 4 is 10.9 Å². The van der Waals surface area contributed by atoms with Gasteiger partial charge in [-0.3, -0.25) is 0 Å². The average molecular weight is 615 g/mol. The molecule has 0 bridgehead atoms. The van der Waals surface area contributed by atoms with Gasteiger partial charge < -0.3 is 0 Å². The lowest BCUT2D eigenvalue weighted by atomic mass is 9.73. The molecule has 48 heavy (non-hydrogen) atoms. The van der Waals surface area contributed by atoms with E-state index in [1.807, 2.05) is 0 Å². The van der Waals surface area contributed by atoms with E-state index in [-0.39, 0.29) is 5.41 Å². The van der Waals surface area contributed by atoms with Crippen LogP contribution >= 0.6 is 0 Å². The molecule has 1 heterocycles. The molecule has 1 aromatic heterocycles. The second-order valence-corrected chi connectivity index (χ2v) is 14.8. The normalized spacial score (nSPS) is 18.5. The summed E-state index contributed by atoms with van der Waals surface area (Å²) in [5, 5.41) is 1.11. The summed E-state index contributed by atoms with van der Waals surface area (Å²) in [6.45, 7) is 4.81. The summed E-state index contributed by atoms with van der Waals surface area (Å²) >= 11 is 0. The first-order valence-corrected chi connectivity index (χ1v) is 17.5. The minimum absolute atomic E-state index is 0.154. The Balaban J connectivity index is 1.23. The standard InChI is InChI=1S/C46H34N2/c1-46(2)38-20-9-7-16-32(38)42-37(24-27-23-22-26-12-3-4-13-28(26)40(27)43(42)46)45-47-39-21-10-8-17-33(39)44(48-45)34-19-11-18-31-36-25-35(36)29-14-5-6-15-30(29)41(31)34/h3-21,24,35-36H,22-23,25H2,1-2H3. The molecular formula is C46H34N2. The van der Waals surface area contributed by atoms with Crippen LogP contribution < -0.4 is 0 Å². The van der Waals surface area contributed by atoms with Crippen molar-refractivity contribution in [1.29, 1.82) is 0 Å². The van der Waals surface area contributed by atoms with E-state index in [1.54, 1.807) is 0 Å². The van der Waals surface area contributed by atoms with Crippen molar-refractivity contribution in [2.75, 3.05) is 0 Å². The van der Waals surface area contributed by atoms with Crippen molar-refractivity contribution in [3.63, 3.8) is 0 Å². The molecule has 2 atom stereocenters. The van der Waals surface area contributed by atoms with Gasteiger partial charge in [0.05, 0.1) is 11.2 Å². The molecule has 0 amide bonds. The number of fused-ring (bicyclic) bond motifs is 14. The second kappa shape index (κ2) is 9.39. The van der Waals surface area contributed by atoms with Crippen LogP contribution in [-0.2, 0) is 18.3 Å². The lowest BCUT2D eigenvalue weighted by Crippen LogP contribution is -2.19. The highest BCUT2D eigenvalue weighted by atomic mass is 14.9. The zero-order valence-electron chi connectivity index (χ0n) is 27.2. The van der Waals surface area contributed by atoms with E-state index in [2.05, 4.69) is 135 Å². The monoisotopic (exact) mass is 614 g/mol. The number of hydrogen-bond acceptors (Lipinski definition) is 2. The fourth-order valence-electron chi connectivity index (χ4n) is 9.67. The molecule has 2 nitrogen and oxygen atoms in total. The van der Waals surface area contributed by atoms with Gasteiger partial charge >= 0.3 is 0 Å². The predicted octanol–water partition coefficient (Wildman–Crippen LogP) is 11.3. The predicted molar refractivity (Wildman–Crippen MR) is 196 cm³/mol. The third kappa shape index (κ3) is 3.48. The van der Waals surface area contributed by atoms with Gasteiger partial charge in [-0.25, -0.2) is 9.97 Å². The first kappa shape index (κ1) is 26.7. The summed E-state index contributed by atoms with van der Waals surface area (Å²) in [6.07, 6.45) is 3.31. The van der Waals surface area contributed by atoms with Crippen molar-refractivity contribution < 1.29 is 0 Å². The van der Waals surface area contributed by atoms with Gasteiger partial charge in [-0.15, -0.1) is 0 Å². The van der Waals surface area contributed by atoms with Gasteiger partial charge in [0.1, 0.15) is 0 Å². The lowest BCUT2D eigenvalue weighted by molar-refractivity contribution is 0.660. The van der Waals surface area contributed by atoms with E-state index in [1.165, 1.54) is 78.7 Å². The Morgan fingerprint density at radius 2 is 1.23 bits per heavy atom. The van der Waals surface area contributed by atoms with Crippen molar-refractivity contribution in [3.05, 3.63) is 155 Å². The number of para-hydroxylation sites is 1. The molecule has 2 heteroatoms. The van der Waals surface area contributed by atoms with Gasteiger partial charge in [0.25, 0.3) is 0 Å². The fraction of sp³-hybridized carbons (Fsp3) is 0.174. The van der Waals surface area contributed by atoms with Crippen molar-refractivity contribution in [2.45, 2.75) is 50.4 Å². The topological polar surface area (TPSA) is 25.8 Å². The summed E-state index contributed by atoms with van der Waals surface area (Å²) in [5.74, 6) is 2.07. The Morgan fingerprint density at radius 1 is 0.542 bits per heavy atom. The zero-order valence-corrected chi connectivity index (χ0v) is 27.2. The van der Waals surface area contributed by atoms with Gasteiger partial charge in [-0.2, -0.15) is 0 Å². The van der Waals surface area contributed by atoms with E-state index in [9.17, 15) is 0 Å². The van der Waals surface area contributed by atoms with E-state index in [4.69, 9.17) is 9.97 Å². The Hall–Kier alpha value is -5.34. The van der Waals surface area contributed by atoms with Gasteiger partial charge in [0, 0.05) is 21.9 Å². The lowest BCUT2D eigenvalue weighted by Gasteiger charge is -2.30. The molecule has 2 unspecified atom stereocenters.